The van der Waals surface area contributed by atoms with Crippen LogP contribution in [0.1, 0.15) is 170 Å². The Morgan fingerprint density at radius 1 is 0.486 bits per heavy atom. The number of hydrogen-bond donors (Lipinski definition) is 0. The van der Waals surface area contributed by atoms with Gasteiger partial charge in [0.2, 0.25) is 0 Å². The second kappa shape index (κ2) is 23.8. The molecule has 0 aromatic carbocycles. The number of ether oxygens (including phenoxy) is 2. The second-order valence-corrected chi connectivity index (χ2v) is 12.0. The van der Waals surface area contributed by atoms with Crippen LogP contribution in [0.2, 0.25) is 0 Å². The molecule has 0 atom stereocenters. The predicted octanol–water partition coefficient (Wildman–Crippen LogP) is 10.3. The maximum absolute atomic E-state index is 13.3. The van der Waals surface area contributed by atoms with Gasteiger partial charge in [-0.25, -0.2) is 9.59 Å². The molecule has 37 heavy (non-hydrogen) atoms. The van der Waals surface area contributed by atoms with Gasteiger partial charge >= 0.3 is 11.9 Å². The van der Waals surface area contributed by atoms with Gasteiger partial charge in [-0.1, -0.05) is 138 Å². The molecule has 0 amide bonds. The van der Waals surface area contributed by atoms with E-state index in [-0.39, 0.29) is 17.4 Å². The lowest BCUT2D eigenvalue weighted by molar-refractivity contribution is -0.143. The summed E-state index contributed by atoms with van der Waals surface area (Å²) in [6.45, 7) is 13.8. The first kappa shape index (κ1) is 35.7. The van der Waals surface area contributed by atoms with Crippen LogP contribution in [0, 0.1) is 5.41 Å². The first-order chi connectivity index (χ1) is 17.8. The Kier molecular flexibility index (Phi) is 22.9. The van der Waals surface area contributed by atoms with Crippen LogP contribution in [-0.4, -0.2) is 25.2 Å². The van der Waals surface area contributed by atoms with Gasteiger partial charge in [0.15, 0.2) is 0 Å². The van der Waals surface area contributed by atoms with E-state index in [2.05, 4.69) is 41.5 Å². The van der Waals surface area contributed by atoms with E-state index in [0.717, 1.165) is 38.5 Å². The summed E-state index contributed by atoms with van der Waals surface area (Å²) in [4.78, 5) is 26.5. The Labute approximate surface area is 230 Å². The number of unbranched alkanes of at least 4 members (excludes halogenated alkanes) is 15. The third kappa shape index (κ3) is 21.3. The number of carbonyl (C=O) groups is 2. The van der Waals surface area contributed by atoms with E-state index in [4.69, 9.17) is 9.47 Å². The molecule has 0 spiro atoms. The minimum atomic E-state index is -0.319. The minimum Gasteiger partial charge on any atom is -0.462 e. The van der Waals surface area contributed by atoms with Crippen molar-refractivity contribution in [3.8, 4) is 0 Å². The number of rotatable bonds is 24. The highest BCUT2D eigenvalue weighted by molar-refractivity contribution is 6.00. The summed E-state index contributed by atoms with van der Waals surface area (Å²) in [6, 6.07) is 0. The highest BCUT2D eigenvalue weighted by atomic mass is 16.5. The molecule has 0 saturated carbocycles. The smallest absolute Gasteiger partial charge is 0.334 e. The van der Waals surface area contributed by atoms with E-state index in [1.807, 2.05) is 0 Å². The maximum Gasteiger partial charge on any atom is 0.334 e. The Morgan fingerprint density at radius 3 is 1.24 bits per heavy atom. The number of carbonyl (C=O) groups excluding carboxylic acids is 2. The van der Waals surface area contributed by atoms with E-state index in [0.29, 0.717) is 37.2 Å². The standard InChI is InChI=1S/C33H62O4/c1-7-10-13-16-19-22-25-29(31(34)36-26-23-20-17-14-11-8-2)30(28-33(4,5)6)32(35)37-27-24-21-18-15-12-9-3/h7-28H2,1-6H3. The van der Waals surface area contributed by atoms with Crippen molar-refractivity contribution in [3.05, 3.63) is 11.1 Å². The molecule has 0 aromatic rings. The fourth-order valence-corrected chi connectivity index (χ4v) is 4.56. The Hall–Kier alpha value is -1.32. The van der Waals surface area contributed by atoms with Crippen LogP contribution in [0.3, 0.4) is 0 Å². The summed E-state index contributed by atoms with van der Waals surface area (Å²) >= 11 is 0. The fourth-order valence-electron chi connectivity index (χ4n) is 4.56. The van der Waals surface area contributed by atoms with E-state index in [9.17, 15) is 9.59 Å². The molecule has 0 heterocycles. The molecule has 0 aliphatic heterocycles. The van der Waals surface area contributed by atoms with Gasteiger partial charge in [-0.05, 0) is 37.5 Å². The predicted molar refractivity (Wildman–Crippen MR) is 158 cm³/mol. The topological polar surface area (TPSA) is 52.6 Å². The highest BCUT2D eigenvalue weighted by Gasteiger charge is 2.27. The first-order valence-electron chi connectivity index (χ1n) is 15.8. The lowest BCUT2D eigenvalue weighted by atomic mass is 9.85. The van der Waals surface area contributed by atoms with Crippen molar-refractivity contribution >= 4 is 11.9 Å². The zero-order valence-corrected chi connectivity index (χ0v) is 25.7. The Morgan fingerprint density at radius 2 is 0.838 bits per heavy atom. The molecular weight excluding hydrogens is 460 g/mol. The molecule has 0 aliphatic carbocycles. The quantitative estimate of drug-likeness (QED) is 0.0718. The van der Waals surface area contributed by atoms with Crippen molar-refractivity contribution in [3.63, 3.8) is 0 Å². The minimum absolute atomic E-state index is 0.125. The van der Waals surface area contributed by atoms with E-state index in [1.54, 1.807) is 0 Å². The lowest BCUT2D eigenvalue weighted by Crippen LogP contribution is -2.21. The summed E-state index contributed by atoms with van der Waals surface area (Å²) in [6.07, 6.45) is 21.8. The summed E-state index contributed by atoms with van der Waals surface area (Å²) in [5, 5.41) is 0. The molecule has 4 nitrogen and oxygen atoms in total. The van der Waals surface area contributed by atoms with Crippen molar-refractivity contribution in [1.82, 2.24) is 0 Å². The zero-order valence-electron chi connectivity index (χ0n) is 25.7. The van der Waals surface area contributed by atoms with Gasteiger partial charge in [0.05, 0.1) is 13.2 Å². The van der Waals surface area contributed by atoms with E-state index in [1.165, 1.54) is 77.0 Å². The molecule has 0 aromatic heterocycles. The number of hydrogen-bond acceptors (Lipinski definition) is 4. The first-order valence-corrected chi connectivity index (χ1v) is 15.8. The molecule has 0 saturated heterocycles. The molecular formula is C33H62O4. The SMILES string of the molecule is CCCCCCCCOC(=O)C(CCCCCCCC)=C(CC(C)(C)C)C(=O)OCCCCCCCC. The molecule has 0 aliphatic rings. The molecule has 218 valence electrons. The van der Waals surface area contributed by atoms with Gasteiger partial charge in [0.1, 0.15) is 0 Å². The molecule has 0 bridgehead atoms. The third-order valence-corrected chi connectivity index (χ3v) is 6.81. The summed E-state index contributed by atoms with van der Waals surface area (Å²) in [5.41, 5.74) is 0.977. The molecule has 0 fully saturated rings. The van der Waals surface area contributed by atoms with Crippen LogP contribution in [0.15, 0.2) is 11.1 Å². The maximum atomic E-state index is 13.3. The van der Waals surface area contributed by atoms with Crippen molar-refractivity contribution in [1.29, 1.82) is 0 Å². The summed E-state index contributed by atoms with van der Waals surface area (Å²) in [5.74, 6) is -0.626. The average molecular weight is 523 g/mol. The third-order valence-electron chi connectivity index (χ3n) is 6.81. The van der Waals surface area contributed by atoms with Gasteiger partial charge in [-0.15, -0.1) is 0 Å². The summed E-state index contributed by atoms with van der Waals surface area (Å²) in [7, 11) is 0. The zero-order chi connectivity index (χ0) is 27.8. The van der Waals surface area contributed by atoms with Gasteiger partial charge in [0, 0.05) is 11.1 Å². The van der Waals surface area contributed by atoms with Crippen molar-refractivity contribution < 1.29 is 19.1 Å². The molecule has 0 rings (SSSR count). The Balaban J connectivity index is 5.27. The van der Waals surface area contributed by atoms with E-state index < -0.39 is 0 Å². The number of esters is 2. The molecule has 0 radical (unpaired) electrons. The normalized spacial score (nSPS) is 12.4. The van der Waals surface area contributed by atoms with Crippen molar-refractivity contribution in [2.75, 3.05) is 13.2 Å². The van der Waals surface area contributed by atoms with Gasteiger partial charge in [0.25, 0.3) is 0 Å². The van der Waals surface area contributed by atoms with Gasteiger partial charge in [-0.3, -0.25) is 0 Å². The monoisotopic (exact) mass is 522 g/mol. The molecule has 0 unspecified atom stereocenters. The molecule has 0 N–H and O–H groups in total. The largest absolute Gasteiger partial charge is 0.462 e. The Bertz CT molecular complexity index is 600. The van der Waals surface area contributed by atoms with E-state index >= 15 is 0 Å². The second-order valence-electron chi connectivity index (χ2n) is 12.0. The highest BCUT2D eigenvalue weighted by Crippen LogP contribution is 2.30. The molecule has 4 heteroatoms. The summed E-state index contributed by atoms with van der Waals surface area (Å²) < 4.78 is 11.5. The van der Waals surface area contributed by atoms with Crippen LogP contribution in [0.5, 0.6) is 0 Å². The fraction of sp³-hybridized carbons (Fsp3) is 0.879. The average Bonchev–Trinajstić information content (AvgIpc) is 2.85. The van der Waals surface area contributed by atoms with Crippen molar-refractivity contribution in [2.45, 2.75) is 170 Å². The van der Waals surface area contributed by atoms with Gasteiger partial charge in [-0.2, -0.15) is 0 Å². The van der Waals surface area contributed by atoms with Crippen LogP contribution in [0.4, 0.5) is 0 Å². The van der Waals surface area contributed by atoms with Crippen LogP contribution in [-0.2, 0) is 19.1 Å². The van der Waals surface area contributed by atoms with Crippen LogP contribution < -0.4 is 0 Å². The van der Waals surface area contributed by atoms with Crippen LogP contribution in [0.25, 0.3) is 0 Å². The van der Waals surface area contributed by atoms with Crippen LogP contribution >= 0.6 is 0 Å². The van der Waals surface area contributed by atoms with Gasteiger partial charge < -0.3 is 9.47 Å². The lowest BCUT2D eigenvalue weighted by Gasteiger charge is -2.22. The van der Waals surface area contributed by atoms with Crippen molar-refractivity contribution in [2.24, 2.45) is 5.41 Å².